The highest BCUT2D eigenvalue weighted by atomic mass is 16.2. The predicted molar refractivity (Wildman–Crippen MR) is 98.8 cm³/mol. The van der Waals surface area contributed by atoms with Crippen LogP contribution in [0.1, 0.15) is 77.5 Å². The number of hydrogen-bond donors (Lipinski definition) is 0. The van der Waals surface area contributed by atoms with E-state index < -0.39 is 0 Å². The van der Waals surface area contributed by atoms with Crippen LogP contribution in [0.5, 0.6) is 0 Å². The number of carbonyl (C=O) groups excluding carboxylic acids is 1. The van der Waals surface area contributed by atoms with Gasteiger partial charge < -0.3 is 0 Å². The van der Waals surface area contributed by atoms with E-state index in [-0.39, 0.29) is 11.9 Å². The zero-order valence-corrected chi connectivity index (χ0v) is 14.3. The lowest BCUT2D eigenvalue weighted by atomic mass is 9.83. The molecule has 1 fully saturated rings. The third kappa shape index (κ3) is 2.41. The summed E-state index contributed by atoms with van der Waals surface area (Å²) in [7, 11) is 0. The van der Waals surface area contributed by atoms with Crippen LogP contribution >= 0.6 is 0 Å². The van der Waals surface area contributed by atoms with Gasteiger partial charge in [0.25, 0.3) is 5.91 Å². The van der Waals surface area contributed by atoms with Gasteiger partial charge in [-0.3, -0.25) is 4.79 Å². The predicted octanol–water partition coefficient (Wildman–Crippen LogP) is 5.04. The zero-order chi connectivity index (χ0) is 16.8. The van der Waals surface area contributed by atoms with E-state index in [9.17, 15) is 4.79 Å². The van der Waals surface area contributed by atoms with Crippen LogP contribution in [0, 0.1) is 0 Å². The number of fused-ring (bicyclic) bond motifs is 3. The quantitative estimate of drug-likeness (QED) is 0.759. The fourth-order valence-corrected chi connectivity index (χ4v) is 4.60. The molecule has 126 valence electrons. The first kappa shape index (κ1) is 14.9. The Hall–Kier alpha value is -2.42. The average molecular weight is 330 g/mol. The number of amides is 1. The topological polar surface area (TPSA) is 32.7 Å². The highest BCUT2D eigenvalue weighted by Crippen LogP contribution is 2.41. The molecular formula is C22H22N2O. The number of carbonyl (C=O) groups is 1. The highest BCUT2D eigenvalue weighted by molar-refractivity contribution is 6.07. The van der Waals surface area contributed by atoms with Gasteiger partial charge in [-0.25, -0.2) is 5.01 Å². The lowest BCUT2D eigenvalue weighted by molar-refractivity contribution is 0.0756. The molecule has 0 unspecified atom stereocenters. The van der Waals surface area contributed by atoms with E-state index >= 15 is 0 Å². The van der Waals surface area contributed by atoms with Gasteiger partial charge in [0.05, 0.1) is 11.8 Å². The lowest BCUT2D eigenvalue weighted by Gasteiger charge is -2.22. The molecule has 0 radical (unpaired) electrons. The van der Waals surface area contributed by atoms with Crippen molar-refractivity contribution in [2.75, 3.05) is 0 Å². The minimum absolute atomic E-state index is 0.0365. The molecular weight excluding hydrogens is 308 g/mol. The van der Waals surface area contributed by atoms with Crippen molar-refractivity contribution < 1.29 is 4.79 Å². The van der Waals surface area contributed by atoms with Gasteiger partial charge in [-0.1, -0.05) is 61.7 Å². The molecule has 1 amide bonds. The Balaban J connectivity index is 1.39. The molecule has 1 aliphatic carbocycles. The van der Waals surface area contributed by atoms with Crippen LogP contribution < -0.4 is 0 Å². The minimum atomic E-state index is 0.0365. The van der Waals surface area contributed by atoms with Crippen molar-refractivity contribution in [1.82, 2.24) is 5.01 Å². The minimum Gasteiger partial charge on any atom is -0.267 e. The van der Waals surface area contributed by atoms with Crippen molar-refractivity contribution in [3.63, 3.8) is 0 Å². The summed E-state index contributed by atoms with van der Waals surface area (Å²) in [5.41, 5.74) is 5.57. The van der Waals surface area contributed by atoms with Crippen LogP contribution in [0.15, 0.2) is 53.6 Å². The summed E-state index contributed by atoms with van der Waals surface area (Å²) in [6, 6.07) is 16.9. The Labute approximate surface area is 148 Å². The van der Waals surface area contributed by atoms with Crippen LogP contribution in [-0.2, 0) is 0 Å². The summed E-state index contributed by atoms with van der Waals surface area (Å²) in [5, 5.41) is 6.33. The fraction of sp³-hybridized carbons (Fsp3) is 0.364. The first-order valence-corrected chi connectivity index (χ1v) is 9.41. The molecule has 0 aromatic heterocycles. The molecule has 1 saturated carbocycles. The largest absolute Gasteiger partial charge is 0.274 e. The van der Waals surface area contributed by atoms with Crippen molar-refractivity contribution in [2.45, 2.75) is 50.5 Å². The number of nitrogens with zero attached hydrogens (tertiary/aromatic N) is 2. The van der Waals surface area contributed by atoms with Gasteiger partial charge in [-0.05, 0) is 41.5 Å². The van der Waals surface area contributed by atoms with E-state index in [0.717, 1.165) is 34.7 Å². The molecule has 3 aliphatic rings. The Kier molecular flexibility index (Phi) is 3.47. The molecule has 0 spiro atoms. The van der Waals surface area contributed by atoms with E-state index in [4.69, 9.17) is 0 Å². The summed E-state index contributed by atoms with van der Waals surface area (Å²) in [4.78, 5) is 12.5. The molecule has 25 heavy (non-hydrogen) atoms. The van der Waals surface area contributed by atoms with Crippen LogP contribution in [0.2, 0.25) is 0 Å². The van der Waals surface area contributed by atoms with Crippen molar-refractivity contribution >= 4 is 11.6 Å². The van der Waals surface area contributed by atoms with Crippen LogP contribution in [-0.4, -0.2) is 16.6 Å². The van der Waals surface area contributed by atoms with Crippen LogP contribution in [0.25, 0.3) is 0 Å². The number of hydrogen-bond acceptors (Lipinski definition) is 2. The average Bonchev–Trinajstić information content (AvgIpc) is 3.23. The molecule has 0 bridgehead atoms. The standard InChI is InChI=1S/C22H22N2O/c25-22-19-9-5-4-8-18(19)21-14-20(23-24(21)22)17-12-10-16(11-13-17)15-6-2-1-3-7-15/h4-5,8-13,15,21H,1-3,6-7,14H2/t21-/m1/s1. The lowest BCUT2D eigenvalue weighted by Crippen LogP contribution is -2.17. The van der Waals surface area contributed by atoms with Crippen LogP contribution in [0.3, 0.4) is 0 Å². The summed E-state index contributed by atoms with van der Waals surface area (Å²) in [6.45, 7) is 0. The normalized spacial score (nSPS) is 22.7. The van der Waals surface area contributed by atoms with Crippen molar-refractivity contribution in [3.05, 3.63) is 70.8 Å². The SMILES string of the molecule is O=C1c2ccccc2[C@H]2CC(c3ccc(C4CCCCC4)cc3)=NN12. The van der Waals surface area contributed by atoms with Crippen molar-refractivity contribution in [3.8, 4) is 0 Å². The van der Waals surface area contributed by atoms with Crippen molar-refractivity contribution in [2.24, 2.45) is 5.10 Å². The van der Waals surface area contributed by atoms with E-state index in [0.29, 0.717) is 0 Å². The monoisotopic (exact) mass is 330 g/mol. The van der Waals surface area contributed by atoms with Gasteiger partial charge in [0, 0.05) is 12.0 Å². The van der Waals surface area contributed by atoms with E-state index in [1.54, 1.807) is 5.01 Å². The summed E-state index contributed by atoms with van der Waals surface area (Å²) in [6.07, 6.45) is 7.56. The van der Waals surface area contributed by atoms with Gasteiger partial charge >= 0.3 is 0 Å². The van der Waals surface area contributed by atoms with Gasteiger partial charge in [-0.15, -0.1) is 0 Å². The maximum atomic E-state index is 12.5. The smallest absolute Gasteiger partial charge is 0.267 e. The first-order chi connectivity index (χ1) is 12.3. The second kappa shape index (κ2) is 5.83. The molecule has 5 rings (SSSR count). The third-order valence-electron chi connectivity index (χ3n) is 5.99. The van der Waals surface area contributed by atoms with Gasteiger partial charge in [0.15, 0.2) is 0 Å². The molecule has 2 aromatic carbocycles. The van der Waals surface area contributed by atoms with Gasteiger partial charge in [-0.2, -0.15) is 5.10 Å². The molecule has 0 saturated heterocycles. The maximum absolute atomic E-state index is 12.5. The second-order valence-corrected chi connectivity index (χ2v) is 7.46. The van der Waals surface area contributed by atoms with Crippen LogP contribution in [0.4, 0.5) is 0 Å². The second-order valence-electron chi connectivity index (χ2n) is 7.46. The van der Waals surface area contributed by atoms with Crippen molar-refractivity contribution in [1.29, 1.82) is 0 Å². The van der Waals surface area contributed by atoms with E-state index in [1.807, 2.05) is 18.2 Å². The highest BCUT2D eigenvalue weighted by Gasteiger charge is 2.41. The Bertz CT molecular complexity index is 847. The summed E-state index contributed by atoms with van der Waals surface area (Å²) in [5.74, 6) is 0.763. The first-order valence-electron chi connectivity index (χ1n) is 9.41. The number of rotatable bonds is 2. The summed E-state index contributed by atoms with van der Waals surface area (Å²) >= 11 is 0. The number of hydrazone groups is 1. The molecule has 2 heterocycles. The van der Waals surface area contributed by atoms with Gasteiger partial charge in [0.2, 0.25) is 0 Å². The Morgan fingerprint density at radius 1 is 0.920 bits per heavy atom. The Morgan fingerprint density at radius 2 is 1.68 bits per heavy atom. The molecule has 3 heteroatoms. The van der Waals surface area contributed by atoms with Gasteiger partial charge in [0.1, 0.15) is 0 Å². The number of benzene rings is 2. The maximum Gasteiger partial charge on any atom is 0.274 e. The van der Waals surface area contributed by atoms with E-state index in [2.05, 4.69) is 35.4 Å². The Morgan fingerprint density at radius 3 is 2.48 bits per heavy atom. The third-order valence-corrected chi connectivity index (χ3v) is 5.99. The molecule has 2 aliphatic heterocycles. The zero-order valence-electron chi connectivity index (χ0n) is 14.3. The van der Waals surface area contributed by atoms with E-state index in [1.165, 1.54) is 37.7 Å². The molecule has 1 atom stereocenters. The molecule has 0 N–H and O–H groups in total. The molecule has 2 aromatic rings. The summed E-state index contributed by atoms with van der Waals surface area (Å²) < 4.78 is 0. The fourth-order valence-electron chi connectivity index (χ4n) is 4.60. The molecule has 3 nitrogen and oxygen atoms in total.